The summed E-state index contributed by atoms with van der Waals surface area (Å²) in [6.07, 6.45) is 1.06. The fourth-order valence-electron chi connectivity index (χ4n) is 3.32. The number of carbonyl (C=O) groups excluding carboxylic acids is 1. The number of hydrogen-bond acceptors (Lipinski definition) is 5. The maximum Gasteiger partial charge on any atom is 0.269 e. The Morgan fingerprint density at radius 2 is 2.17 bits per heavy atom. The van der Waals surface area contributed by atoms with E-state index in [0.717, 1.165) is 51.6 Å². The van der Waals surface area contributed by atoms with Crippen LogP contribution in [0.3, 0.4) is 0 Å². The van der Waals surface area contributed by atoms with Crippen molar-refractivity contribution in [3.05, 3.63) is 29.6 Å². The molecule has 2 aliphatic rings. The molecule has 3 rings (SSSR count). The average Bonchev–Trinajstić information content (AvgIpc) is 3.10. The Morgan fingerprint density at radius 1 is 1.35 bits per heavy atom. The van der Waals surface area contributed by atoms with Crippen LogP contribution < -0.4 is 5.32 Å². The van der Waals surface area contributed by atoms with Gasteiger partial charge in [0.25, 0.3) is 5.91 Å². The minimum absolute atomic E-state index is 0.106. The number of carbonyl (C=O) groups is 1. The molecule has 0 spiro atoms. The molecule has 0 unspecified atom stereocenters. The fraction of sp³-hybridized carbons (Fsp3) is 0.647. The molecule has 0 radical (unpaired) electrons. The van der Waals surface area contributed by atoms with Gasteiger partial charge in [0.1, 0.15) is 5.69 Å². The fourth-order valence-corrected chi connectivity index (χ4v) is 3.32. The van der Waals surface area contributed by atoms with Gasteiger partial charge in [0.2, 0.25) is 0 Å². The van der Waals surface area contributed by atoms with E-state index in [4.69, 9.17) is 9.47 Å². The molecule has 1 amide bonds. The van der Waals surface area contributed by atoms with Crippen molar-refractivity contribution in [2.45, 2.75) is 19.4 Å². The largest absolute Gasteiger partial charge is 0.381 e. The summed E-state index contributed by atoms with van der Waals surface area (Å²) < 4.78 is 11.0. The van der Waals surface area contributed by atoms with Crippen molar-refractivity contribution in [2.24, 2.45) is 5.92 Å². The average molecular weight is 319 g/mol. The number of nitrogens with one attached hydrogen (secondary N) is 1. The maximum absolute atomic E-state index is 12.4. The van der Waals surface area contributed by atoms with E-state index in [0.29, 0.717) is 24.2 Å². The van der Waals surface area contributed by atoms with Crippen molar-refractivity contribution in [3.63, 3.8) is 0 Å². The highest BCUT2D eigenvalue weighted by molar-refractivity contribution is 5.92. The summed E-state index contributed by atoms with van der Waals surface area (Å²) in [5, 5.41) is 3.06. The van der Waals surface area contributed by atoms with E-state index in [1.54, 1.807) is 6.07 Å². The van der Waals surface area contributed by atoms with Crippen LogP contribution in [0.15, 0.2) is 18.2 Å². The van der Waals surface area contributed by atoms with Gasteiger partial charge in [-0.2, -0.15) is 0 Å². The van der Waals surface area contributed by atoms with Crippen molar-refractivity contribution < 1.29 is 14.3 Å². The van der Waals surface area contributed by atoms with Crippen LogP contribution in [0.1, 0.15) is 22.6 Å². The van der Waals surface area contributed by atoms with Crippen LogP contribution in [0.25, 0.3) is 0 Å². The molecule has 3 heterocycles. The standard InChI is InChI=1S/C17H25N3O3/c1-13-3-2-4-15(19-13)17(21)18-11-16(14-5-8-23-12-14)20-6-9-22-10-7-20/h2-4,14,16H,5-12H2,1H3,(H,18,21)/t14-,16+/m1/s1. The lowest BCUT2D eigenvalue weighted by Gasteiger charge is -2.37. The lowest BCUT2D eigenvalue weighted by Crippen LogP contribution is -2.52. The molecule has 1 aromatic rings. The number of aryl methyl sites for hydroxylation is 1. The zero-order chi connectivity index (χ0) is 16.1. The Hall–Kier alpha value is -1.50. The molecule has 2 aliphatic heterocycles. The number of morpholine rings is 1. The van der Waals surface area contributed by atoms with Crippen molar-refractivity contribution >= 4 is 5.91 Å². The molecule has 0 bridgehead atoms. The van der Waals surface area contributed by atoms with E-state index in [9.17, 15) is 4.79 Å². The second-order valence-electron chi connectivity index (χ2n) is 6.21. The summed E-state index contributed by atoms with van der Waals surface area (Å²) in [5.74, 6) is 0.366. The minimum atomic E-state index is -0.106. The number of nitrogens with zero attached hydrogens (tertiary/aromatic N) is 2. The Kier molecular flexibility index (Phi) is 5.59. The van der Waals surface area contributed by atoms with E-state index in [1.807, 2.05) is 19.1 Å². The number of rotatable bonds is 5. The lowest BCUT2D eigenvalue weighted by atomic mass is 9.97. The lowest BCUT2D eigenvalue weighted by molar-refractivity contribution is 0.00165. The van der Waals surface area contributed by atoms with Gasteiger partial charge in [-0.05, 0) is 25.5 Å². The molecule has 0 aromatic carbocycles. The first kappa shape index (κ1) is 16.4. The van der Waals surface area contributed by atoms with E-state index < -0.39 is 0 Å². The second kappa shape index (κ2) is 7.86. The molecule has 6 heteroatoms. The molecular weight excluding hydrogens is 294 g/mol. The highest BCUT2D eigenvalue weighted by Gasteiger charge is 2.31. The van der Waals surface area contributed by atoms with Gasteiger partial charge in [-0.1, -0.05) is 6.07 Å². The maximum atomic E-state index is 12.4. The molecule has 1 aromatic heterocycles. The monoisotopic (exact) mass is 319 g/mol. The normalized spacial score (nSPS) is 23.6. The summed E-state index contributed by atoms with van der Waals surface area (Å²) >= 11 is 0. The van der Waals surface area contributed by atoms with Crippen molar-refractivity contribution in [1.29, 1.82) is 0 Å². The second-order valence-corrected chi connectivity index (χ2v) is 6.21. The van der Waals surface area contributed by atoms with Crippen LogP contribution >= 0.6 is 0 Å². The van der Waals surface area contributed by atoms with Gasteiger partial charge in [-0.15, -0.1) is 0 Å². The summed E-state index contributed by atoms with van der Waals surface area (Å²) in [5.41, 5.74) is 1.33. The van der Waals surface area contributed by atoms with Crippen molar-refractivity contribution in [3.8, 4) is 0 Å². The van der Waals surface area contributed by atoms with Crippen LogP contribution in [0.5, 0.6) is 0 Å². The molecule has 1 N–H and O–H groups in total. The highest BCUT2D eigenvalue weighted by atomic mass is 16.5. The Bertz CT molecular complexity index is 526. The number of amides is 1. The summed E-state index contributed by atoms with van der Waals surface area (Å²) in [4.78, 5) is 19.1. The van der Waals surface area contributed by atoms with Gasteiger partial charge in [0, 0.05) is 43.9 Å². The summed E-state index contributed by atoms with van der Waals surface area (Å²) in [6.45, 7) is 7.47. The van der Waals surface area contributed by atoms with Crippen molar-refractivity contribution in [1.82, 2.24) is 15.2 Å². The summed E-state index contributed by atoms with van der Waals surface area (Å²) in [6, 6.07) is 5.81. The highest BCUT2D eigenvalue weighted by Crippen LogP contribution is 2.21. The van der Waals surface area contributed by atoms with Gasteiger partial charge in [0.15, 0.2) is 0 Å². The molecule has 0 aliphatic carbocycles. The first-order valence-corrected chi connectivity index (χ1v) is 8.35. The number of pyridine rings is 1. The van der Waals surface area contributed by atoms with Crippen LogP contribution in [-0.2, 0) is 9.47 Å². The summed E-state index contributed by atoms with van der Waals surface area (Å²) in [7, 11) is 0. The zero-order valence-electron chi connectivity index (χ0n) is 13.7. The third-order valence-electron chi connectivity index (χ3n) is 4.62. The Morgan fingerprint density at radius 3 is 2.87 bits per heavy atom. The van der Waals surface area contributed by atoms with Gasteiger partial charge in [-0.3, -0.25) is 9.69 Å². The van der Waals surface area contributed by atoms with Gasteiger partial charge >= 0.3 is 0 Å². The number of ether oxygens (including phenoxy) is 2. The van der Waals surface area contributed by atoms with Gasteiger partial charge < -0.3 is 14.8 Å². The molecule has 2 saturated heterocycles. The van der Waals surface area contributed by atoms with Crippen LogP contribution in [0, 0.1) is 12.8 Å². The minimum Gasteiger partial charge on any atom is -0.381 e. The van der Waals surface area contributed by atoms with Crippen molar-refractivity contribution in [2.75, 3.05) is 46.1 Å². The Labute approximate surface area is 137 Å². The van der Waals surface area contributed by atoms with Gasteiger partial charge in [0.05, 0.1) is 19.8 Å². The third-order valence-corrected chi connectivity index (χ3v) is 4.62. The number of aromatic nitrogens is 1. The van der Waals surface area contributed by atoms with Gasteiger partial charge in [-0.25, -0.2) is 4.98 Å². The van der Waals surface area contributed by atoms with E-state index >= 15 is 0 Å². The van der Waals surface area contributed by atoms with Crippen LogP contribution in [0.2, 0.25) is 0 Å². The molecule has 0 saturated carbocycles. The molecule has 6 nitrogen and oxygen atoms in total. The first-order valence-electron chi connectivity index (χ1n) is 8.35. The Balaban J connectivity index is 1.62. The molecule has 2 fully saturated rings. The first-order chi connectivity index (χ1) is 11.2. The third kappa shape index (κ3) is 4.28. The molecule has 2 atom stereocenters. The smallest absolute Gasteiger partial charge is 0.269 e. The van der Waals surface area contributed by atoms with E-state index in [1.165, 1.54) is 0 Å². The molecule has 23 heavy (non-hydrogen) atoms. The van der Waals surface area contributed by atoms with Crippen LogP contribution in [0.4, 0.5) is 0 Å². The SMILES string of the molecule is Cc1cccc(C(=O)NC[C@@H]([C@@H]2CCOC2)N2CCOCC2)n1. The van der Waals surface area contributed by atoms with E-state index in [-0.39, 0.29) is 5.91 Å². The molecule has 126 valence electrons. The number of hydrogen-bond donors (Lipinski definition) is 1. The van der Waals surface area contributed by atoms with Crippen LogP contribution in [-0.4, -0.2) is 67.9 Å². The predicted molar refractivity (Wildman–Crippen MR) is 86.4 cm³/mol. The topological polar surface area (TPSA) is 63.7 Å². The van der Waals surface area contributed by atoms with E-state index in [2.05, 4.69) is 15.2 Å². The predicted octanol–water partition coefficient (Wildman–Crippen LogP) is 0.857. The zero-order valence-corrected chi connectivity index (χ0v) is 13.7. The quantitative estimate of drug-likeness (QED) is 0.872. The molecular formula is C17H25N3O3.